The molecular weight excluding hydrogens is 227 g/mol. The molecule has 0 unspecified atom stereocenters. The van der Waals surface area contributed by atoms with Crippen molar-refractivity contribution in [3.8, 4) is 0 Å². The molecule has 0 aromatic carbocycles. The molecule has 1 nitrogen and oxygen atoms in total. The van der Waals surface area contributed by atoms with Crippen molar-refractivity contribution in [2.75, 3.05) is 0 Å². The summed E-state index contributed by atoms with van der Waals surface area (Å²) in [6.45, 7) is 0. The van der Waals surface area contributed by atoms with Crippen molar-refractivity contribution in [2.24, 2.45) is 0 Å². The van der Waals surface area contributed by atoms with Gasteiger partial charge in [0.1, 0.15) is 0 Å². The molecule has 0 aromatic heterocycles. The second-order valence-electron chi connectivity index (χ2n) is 2.80. The Morgan fingerprint density at radius 1 is 1.07 bits per heavy atom. The van der Waals surface area contributed by atoms with E-state index in [1.54, 1.807) is 0 Å². The number of rotatable bonds is 5. The molecule has 0 aliphatic rings. The van der Waals surface area contributed by atoms with Crippen molar-refractivity contribution in [1.82, 2.24) is 0 Å². The highest BCUT2D eigenvalue weighted by molar-refractivity contribution is 7.80. The number of aliphatic hydroxyl groups is 1. The Morgan fingerprint density at radius 2 is 1.57 bits per heavy atom. The minimum Gasteiger partial charge on any atom is -0.502 e. The summed E-state index contributed by atoms with van der Waals surface area (Å²) in [6.07, 6.45) is -7.08. The highest BCUT2D eigenvalue weighted by Crippen LogP contribution is 2.39. The van der Waals surface area contributed by atoms with E-state index in [0.717, 1.165) is 0 Å². The van der Waals surface area contributed by atoms with Crippen LogP contribution in [0.25, 0.3) is 0 Å². The Labute approximate surface area is 82.9 Å². The standard InChI is InChI=1S/C7H9F5OS/c8-6(9,7(10,11)12)4-2-1-3-5(13)14/h1-4H2,(H,13,14). The van der Waals surface area contributed by atoms with E-state index in [-0.39, 0.29) is 24.3 Å². The number of thiocarbonyl (C=S) groups is 1. The lowest BCUT2D eigenvalue weighted by atomic mass is 10.1. The lowest BCUT2D eigenvalue weighted by Crippen LogP contribution is -2.36. The van der Waals surface area contributed by atoms with Crippen LogP contribution >= 0.6 is 12.2 Å². The maximum atomic E-state index is 12.2. The Balaban J connectivity index is 3.83. The summed E-state index contributed by atoms with van der Waals surface area (Å²) in [6, 6.07) is 0. The largest absolute Gasteiger partial charge is 0.502 e. The molecule has 0 fully saturated rings. The lowest BCUT2D eigenvalue weighted by molar-refractivity contribution is -0.284. The second-order valence-corrected chi connectivity index (χ2v) is 3.27. The van der Waals surface area contributed by atoms with Gasteiger partial charge in [-0.1, -0.05) is 0 Å². The molecule has 0 amide bonds. The van der Waals surface area contributed by atoms with E-state index in [1.165, 1.54) is 0 Å². The summed E-state index contributed by atoms with van der Waals surface area (Å²) >= 11 is 4.22. The summed E-state index contributed by atoms with van der Waals surface area (Å²) in [5, 5.41) is 8.09. The zero-order valence-corrected chi connectivity index (χ0v) is 7.89. The maximum absolute atomic E-state index is 12.2. The van der Waals surface area contributed by atoms with Gasteiger partial charge in [-0.25, -0.2) is 0 Å². The summed E-state index contributed by atoms with van der Waals surface area (Å²) in [5.74, 6) is -4.65. The van der Waals surface area contributed by atoms with Crippen molar-refractivity contribution in [1.29, 1.82) is 0 Å². The first kappa shape index (κ1) is 13.5. The topological polar surface area (TPSA) is 20.2 Å². The SMILES string of the molecule is OC(=S)CCCCC(F)(F)C(F)(F)F. The molecule has 0 bridgehead atoms. The summed E-state index contributed by atoms with van der Waals surface area (Å²) in [7, 11) is 0. The van der Waals surface area contributed by atoms with Gasteiger partial charge in [0.25, 0.3) is 0 Å². The molecule has 0 saturated heterocycles. The number of unbranched alkanes of at least 4 members (excludes halogenated alkanes) is 1. The zero-order valence-electron chi connectivity index (χ0n) is 7.07. The Morgan fingerprint density at radius 3 is 1.93 bits per heavy atom. The van der Waals surface area contributed by atoms with Crippen LogP contribution < -0.4 is 0 Å². The maximum Gasteiger partial charge on any atom is 0.453 e. The predicted molar refractivity (Wildman–Crippen MR) is 44.7 cm³/mol. The highest BCUT2D eigenvalue weighted by Gasteiger charge is 2.56. The Kier molecular flexibility index (Phi) is 4.70. The van der Waals surface area contributed by atoms with Gasteiger partial charge in [0, 0.05) is 12.8 Å². The molecule has 0 atom stereocenters. The molecule has 0 heterocycles. The predicted octanol–water partition coefficient (Wildman–Crippen LogP) is 3.63. The molecule has 0 aromatic rings. The summed E-state index contributed by atoms with van der Waals surface area (Å²) in [4.78, 5) is 0. The van der Waals surface area contributed by atoms with E-state index < -0.39 is 18.5 Å². The molecule has 1 N–H and O–H groups in total. The third-order valence-electron chi connectivity index (χ3n) is 1.55. The van der Waals surface area contributed by atoms with Gasteiger partial charge < -0.3 is 5.11 Å². The Hall–Kier alpha value is -0.460. The first-order chi connectivity index (χ1) is 6.17. The second kappa shape index (κ2) is 4.86. The molecule has 0 saturated carbocycles. The normalized spacial score (nSPS) is 12.9. The molecule has 14 heavy (non-hydrogen) atoms. The van der Waals surface area contributed by atoms with Gasteiger partial charge in [-0.3, -0.25) is 0 Å². The van der Waals surface area contributed by atoms with Gasteiger partial charge in [0.05, 0.1) is 0 Å². The lowest BCUT2D eigenvalue weighted by Gasteiger charge is -2.18. The van der Waals surface area contributed by atoms with E-state index in [0.29, 0.717) is 0 Å². The summed E-state index contributed by atoms with van der Waals surface area (Å²) in [5.41, 5.74) is 0. The fourth-order valence-electron chi connectivity index (χ4n) is 0.765. The van der Waals surface area contributed by atoms with Crippen LogP contribution in [0.3, 0.4) is 0 Å². The van der Waals surface area contributed by atoms with Gasteiger partial charge >= 0.3 is 12.1 Å². The van der Waals surface area contributed by atoms with Gasteiger partial charge in [0.2, 0.25) is 0 Å². The first-order valence-corrected chi connectivity index (χ1v) is 4.24. The van der Waals surface area contributed by atoms with Crippen LogP contribution in [0.2, 0.25) is 0 Å². The summed E-state index contributed by atoms with van der Waals surface area (Å²) < 4.78 is 59.3. The molecule has 0 aliphatic carbocycles. The zero-order chi connectivity index (χ0) is 11.4. The van der Waals surface area contributed by atoms with Crippen molar-refractivity contribution < 1.29 is 27.1 Å². The molecule has 84 valence electrons. The monoisotopic (exact) mass is 236 g/mol. The van der Waals surface area contributed by atoms with E-state index >= 15 is 0 Å². The van der Waals surface area contributed by atoms with Gasteiger partial charge in [-0.15, -0.1) is 0 Å². The van der Waals surface area contributed by atoms with Crippen LogP contribution in [0.1, 0.15) is 25.7 Å². The van der Waals surface area contributed by atoms with Crippen LogP contribution in [0.4, 0.5) is 22.0 Å². The fourth-order valence-corrected chi connectivity index (χ4v) is 0.909. The van der Waals surface area contributed by atoms with Crippen molar-refractivity contribution in [2.45, 2.75) is 37.8 Å². The smallest absolute Gasteiger partial charge is 0.453 e. The average molecular weight is 236 g/mol. The highest BCUT2D eigenvalue weighted by atomic mass is 32.1. The third kappa shape index (κ3) is 4.69. The Bertz CT molecular complexity index is 201. The van der Waals surface area contributed by atoms with Crippen LogP contribution in [-0.4, -0.2) is 22.3 Å². The first-order valence-electron chi connectivity index (χ1n) is 3.83. The molecule has 0 aliphatic heterocycles. The molecule has 0 rings (SSSR count). The van der Waals surface area contributed by atoms with Crippen molar-refractivity contribution in [3.05, 3.63) is 0 Å². The quantitative estimate of drug-likeness (QED) is 0.447. The van der Waals surface area contributed by atoms with E-state index in [1.807, 2.05) is 0 Å². The van der Waals surface area contributed by atoms with E-state index in [4.69, 9.17) is 5.11 Å². The molecule has 7 heteroatoms. The number of aliphatic hydroxyl groups excluding tert-OH is 1. The average Bonchev–Trinajstić information content (AvgIpc) is 1.95. The van der Waals surface area contributed by atoms with Crippen LogP contribution in [0.15, 0.2) is 0 Å². The van der Waals surface area contributed by atoms with Crippen LogP contribution in [-0.2, 0) is 0 Å². The minimum absolute atomic E-state index is 0.0245. The van der Waals surface area contributed by atoms with E-state index in [2.05, 4.69) is 12.2 Å². The molecule has 0 spiro atoms. The number of alkyl halides is 5. The van der Waals surface area contributed by atoms with Gasteiger partial charge in [0.15, 0.2) is 5.05 Å². The number of halogens is 5. The van der Waals surface area contributed by atoms with Gasteiger partial charge in [-0.2, -0.15) is 22.0 Å². The molecule has 0 radical (unpaired) electrons. The van der Waals surface area contributed by atoms with Crippen LogP contribution in [0.5, 0.6) is 0 Å². The number of hydrogen-bond acceptors (Lipinski definition) is 1. The third-order valence-corrected chi connectivity index (χ3v) is 1.75. The fraction of sp³-hybridized carbons (Fsp3) is 0.857. The minimum atomic E-state index is -5.49. The van der Waals surface area contributed by atoms with Crippen molar-refractivity contribution in [3.63, 3.8) is 0 Å². The number of hydrogen-bond donors (Lipinski definition) is 1. The van der Waals surface area contributed by atoms with Crippen LogP contribution in [0, 0.1) is 0 Å². The van der Waals surface area contributed by atoms with E-state index in [9.17, 15) is 22.0 Å². The molecular formula is C7H9F5OS. The van der Waals surface area contributed by atoms with Crippen molar-refractivity contribution >= 4 is 17.3 Å². The van der Waals surface area contributed by atoms with Gasteiger partial charge in [-0.05, 0) is 25.1 Å².